The smallest absolute Gasteiger partial charge is 0.258 e. The largest absolute Gasteiger partial charge is 0.358 e. The van der Waals surface area contributed by atoms with Crippen LogP contribution < -0.4 is 5.56 Å². The summed E-state index contributed by atoms with van der Waals surface area (Å²) in [6.45, 7) is 2.12. The molecule has 100 valence electrons. The Kier molecular flexibility index (Phi) is 3.86. The third-order valence-corrected chi connectivity index (χ3v) is 5.38. The maximum Gasteiger partial charge on any atom is 0.258 e. The third kappa shape index (κ3) is 2.82. The highest BCUT2D eigenvalue weighted by atomic mass is 32.2. The zero-order valence-corrected chi connectivity index (χ0v) is 12.7. The zero-order chi connectivity index (χ0) is 13.2. The van der Waals surface area contributed by atoms with Crippen LogP contribution in [0.1, 0.15) is 18.5 Å². The first-order chi connectivity index (χ1) is 9.24. The minimum Gasteiger partial charge on any atom is -0.358 e. The van der Waals surface area contributed by atoms with Crippen LogP contribution in [0, 0.1) is 0 Å². The number of rotatable bonds is 2. The third-order valence-electron chi connectivity index (χ3n) is 3.06. The lowest BCUT2D eigenvalue weighted by atomic mass is 10.4. The Balaban J connectivity index is 1.71. The molecule has 0 radical (unpaired) electrons. The first-order valence-electron chi connectivity index (χ1n) is 6.11. The summed E-state index contributed by atoms with van der Waals surface area (Å²) in [5, 5.41) is 1.87. The number of thiocarbonyl (C=S) groups is 1. The average Bonchev–Trinajstić information content (AvgIpc) is 3.06. The van der Waals surface area contributed by atoms with E-state index in [1.807, 2.05) is 5.38 Å². The van der Waals surface area contributed by atoms with Crippen molar-refractivity contribution in [1.82, 2.24) is 14.3 Å². The van der Waals surface area contributed by atoms with Gasteiger partial charge in [0.05, 0.1) is 5.69 Å². The number of nitrogens with zero attached hydrogens (tertiary/aromatic N) is 3. The number of thiazole rings is 1. The molecule has 3 rings (SSSR count). The maximum atomic E-state index is 11.8. The molecule has 4 nitrogen and oxygen atoms in total. The van der Waals surface area contributed by atoms with Gasteiger partial charge in [-0.2, -0.15) is 0 Å². The van der Waals surface area contributed by atoms with E-state index >= 15 is 0 Å². The molecule has 0 aliphatic carbocycles. The van der Waals surface area contributed by atoms with Gasteiger partial charge in [0.2, 0.25) is 0 Å². The lowest BCUT2D eigenvalue weighted by Gasteiger charge is -2.17. The second-order valence-electron chi connectivity index (χ2n) is 4.39. The van der Waals surface area contributed by atoms with E-state index in [9.17, 15) is 4.79 Å². The molecule has 1 aliphatic rings. The first-order valence-corrected chi connectivity index (χ1v) is 8.39. The van der Waals surface area contributed by atoms with Gasteiger partial charge < -0.3 is 4.90 Å². The van der Waals surface area contributed by atoms with Crippen molar-refractivity contribution in [3.63, 3.8) is 0 Å². The summed E-state index contributed by atoms with van der Waals surface area (Å²) in [5.41, 5.74) is 0.785. The van der Waals surface area contributed by atoms with E-state index in [2.05, 4.69) is 9.88 Å². The Bertz CT molecular complexity index is 658. The van der Waals surface area contributed by atoms with Gasteiger partial charge in [-0.15, -0.1) is 11.3 Å². The number of thioether (sulfide) groups is 1. The van der Waals surface area contributed by atoms with Gasteiger partial charge in [0.1, 0.15) is 4.32 Å². The van der Waals surface area contributed by atoms with Crippen molar-refractivity contribution in [2.45, 2.75) is 18.6 Å². The molecule has 0 atom stereocenters. The normalized spacial score (nSPS) is 15.3. The molecule has 0 bridgehead atoms. The molecular formula is C12H13N3OS3. The topological polar surface area (TPSA) is 37.6 Å². The lowest BCUT2D eigenvalue weighted by Crippen LogP contribution is -2.23. The van der Waals surface area contributed by atoms with Crippen LogP contribution >= 0.6 is 35.3 Å². The Morgan fingerprint density at radius 3 is 3.05 bits per heavy atom. The Labute approximate surface area is 124 Å². The van der Waals surface area contributed by atoms with Crippen molar-refractivity contribution < 1.29 is 0 Å². The Morgan fingerprint density at radius 1 is 1.47 bits per heavy atom. The van der Waals surface area contributed by atoms with Crippen molar-refractivity contribution in [3.8, 4) is 0 Å². The molecule has 3 heterocycles. The molecular weight excluding hydrogens is 298 g/mol. The molecule has 0 N–H and O–H groups in total. The zero-order valence-electron chi connectivity index (χ0n) is 10.2. The second-order valence-corrected chi connectivity index (χ2v) is 6.87. The number of fused-ring (bicyclic) bond motifs is 1. The SMILES string of the molecule is O=c1cc(CSC(=S)N2CCCC2)nc2sccn12. The van der Waals surface area contributed by atoms with E-state index < -0.39 is 0 Å². The summed E-state index contributed by atoms with van der Waals surface area (Å²) in [4.78, 5) is 19.3. The van der Waals surface area contributed by atoms with E-state index in [0.29, 0.717) is 5.75 Å². The quantitative estimate of drug-likeness (QED) is 0.796. The van der Waals surface area contributed by atoms with Gasteiger partial charge in [-0.05, 0) is 12.8 Å². The molecule has 1 saturated heterocycles. The highest BCUT2D eigenvalue weighted by Crippen LogP contribution is 2.19. The van der Waals surface area contributed by atoms with Crippen LogP contribution in [0.3, 0.4) is 0 Å². The van der Waals surface area contributed by atoms with E-state index in [0.717, 1.165) is 28.1 Å². The summed E-state index contributed by atoms with van der Waals surface area (Å²) >= 11 is 8.48. The summed E-state index contributed by atoms with van der Waals surface area (Å²) in [7, 11) is 0. The van der Waals surface area contributed by atoms with Crippen molar-refractivity contribution in [2.75, 3.05) is 13.1 Å². The highest BCUT2D eigenvalue weighted by Gasteiger charge is 2.15. The molecule has 0 aromatic carbocycles. The van der Waals surface area contributed by atoms with Crippen LogP contribution in [-0.4, -0.2) is 31.7 Å². The van der Waals surface area contributed by atoms with Crippen LogP contribution in [0.5, 0.6) is 0 Å². The second kappa shape index (κ2) is 5.60. The van der Waals surface area contributed by atoms with Crippen LogP contribution in [0.2, 0.25) is 0 Å². The molecule has 2 aromatic rings. The maximum absolute atomic E-state index is 11.8. The van der Waals surface area contributed by atoms with E-state index in [-0.39, 0.29) is 5.56 Å². The van der Waals surface area contributed by atoms with E-state index in [1.54, 1.807) is 28.4 Å². The predicted octanol–water partition coefficient (Wildman–Crippen LogP) is 2.37. The van der Waals surface area contributed by atoms with Gasteiger partial charge >= 0.3 is 0 Å². The molecule has 1 fully saturated rings. The number of hydrogen-bond acceptors (Lipinski definition) is 5. The molecule has 0 unspecified atom stereocenters. The number of hydrogen-bond donors (Lipinski definition) is 0. The van der Waals surface area contributed by atoms with Crippen molar-refractivity contribution >= 4 is 44.6 Å². The fraction of sp³-hybridized carbons (Fsp3) is 0.417. The van der Waals surface area contributed by atoms with Crippen LogP contribution in [-0.2, 0) is 5.75 Å². The Hall–Kier alpha value is -0.920. The van der Waals surface area contributed by atoms with E-state index in [1.165, 1.54) is 24.2 Å². The minimum absolute atomic E-state index is 0.0195. The van der Waals surface area contributed by atoms with Crippen molar-refractivity contribution in [1.29, 1.82) is 0 Å². The Morgan fingerprint density at radius 2 is 2.26 bits per heavy atom. The van der Waals surface area contributed by atoms with Crippen LogP contribution in [0.25, 0.3) is 4.96 Å². The number of likely N-dealkylation sites (tertiary alicyclic amines) is 1. The molecule has 0 amide bonds. The number of aromatic nitrogens is 2. The average molecular weight is 311 g/mol. The molecule has 1 aliphatic heterocycles. The summed E-state index contributed by atoms with van der Waals surface area (Å²) in [5.74, 6) is 0.666. The predicted molar refractivity (Wildman–Crippen MR) is 84.0 cm³/mol. The standard InChI is InChI=1S/C12H13N3OS3/c16-10-7-9(13-11-15(10)5-6-18-11)8-19-12(17)14-3-1-2-4-14/h5-7H,1-4,8H2. The van der Waals surface area contributed by atoms with Crippen LogP contribution in [0.4, 0.5) is 0 Å². The van der Waals surface area contributed by atoms with Gasteiger partial charge in [0.25, 0.3) is 5.56 Å². The van der Waals surface area contributed by atoms with Crippen LogP contribution in [0.15, 0.2) is 22.4 Å². The minimum atomic E-state index is -0.0195. The fourth-order valence-electron chi connectivity index (χ4n) is 2.09. The van der Waals surface area contributed by atoms with Gasteiger partial charge in [-0.25, -0.2) is 4.98 Å². The van der Waals surface area contributed by atoms with Gasteiger partial charge in [0, 0.05) is 36.5 Å². The summed E-state index contributed by atoms with van der Waals surface area (Å²) in [6, 6.07) is 1.60. The van der Waals surface area contributed by atoms with Crippen molar-refractivity contribution in [2.24, 2.45) is 0 Å². The molecule has 7 heteroatoms. The highest BCUT2D eigenvalue weighted by molar-refractivity contribution is 8.22. The molecule has 19 heavy (non-hydrogen) atoms. The van der Waals surface area contributed by atoms with Gasteiger partial charge in [-0.1, -0.05) is 24.0 Å². The lowest BCUT2D eigenvalue weighted by molar-refractivity contribution is 0.539. The van der Waals surface area contributed by atoms with Gasteiger partial charge in [-0.3, -0.25) is 9.20 Å². The first kappa shape index (κ1) is 13.1. The van der Waals surface area contributed by atoms with Gasteiger partial charge in [0.15, 0.2) is 4.96 Å². The summed E-state index contributed by atoms with van der Waals surface area (Å²) in [6.07, 6.45) is 4.20. The molecule has 0 spiro atoms. The summed E-state index contributed by atoms with van der Waals surface area (Å²) < 4.78 is 2.49. The molecule has 0 saturated carbocycles. The monoisotopic (exact) mass is 311 g/mol. The van der Waals surface area contributed by atoms with Crippen molar-refractivity contribution in [3.05, 3.63) is 33.7 Å². The fourth-order valence-corrected chi connectivity index (χ4v) is 3.97. The molecule has 2 aromatic heterocycles. The van der Waals surface area contributed by atoms with E-state index in [4.69, 9.17) is 12.2 Å².